The van der Waals surface area contributed by atoms with Crippen molar-refractivity contribution < 1.29 is 28.6 Å². The second-order valence-electron chi connectivity index (χ2n) is 8.88. The molecule has 0 aliphatic carbocycles. The lowest BCUT2D eigenvalue weighted by atomic mass is 9.88. The highest BCUT2D eigenvalue weighted by molar-refractivity contribution is 5.90. The first-order valence-corrected chi connectivity index (χ1v) is 11.9. The third kappa shape index (κ3) is 5.82. The van der Waals surface area contributed by atoms with Crippen molar-refractivity contribution in [3.8, 4) is 17.2 Å². The minimum atomic E-state index is -1.32. The molecule has 0 radical (unpaired) electrons. The van der Waals surface area contributed by atoms with Crippen LogP contribution in [-0.2, 0) is 27.2 Å². The zero-order valence-electron chi connectivity index (χ0n) is 20.4. The molecule has 1 aliphatic heterocycles. The van der Waals surface area contributed by atoms with Crippen LogP contribution >= 0.6 is 0 Å². The van der Waals surface area contributed by atoms with Crippen molar-refractivity contribution in [1.82, 2.24) is 15.2 Å². The van der Waals surface area contributed by atoms with Crippen molar-refractivity contribution in [3.05, 3.63) is 58.6 Å². The predicted molar refractivity (Wildman–Crippen MR) is 133 cm³/mol. The molecule has 4 rings (SSSR count). The first-order chi connectivity index (χ1) is 17.8. The normalized spacial score (nSPS) is 15.6. The van der Waals surface area contributed by atoms with E-state index >= 15 is 0 Å². The zero-order chi connectivity index (χ0) is 26.4. The van der Waals surface area contributed by atoms with Gasteiger partial charge in [-0.15, -0.1) is 0 Å². The molecule has 194 valence electrons. The van der Waals surface area contributed by atoms with E-state index in [1.54, 1.807) is 13.2 Å². The number of oxazole rings is 1. The lowest BCUT2D eigenvalue weighted by Crippen LogP contribution is -2.62. The molecule has 3 N–H and O–H groups in total. The van der Waals surface area contributed by atoms with E-state index in [4.69, 9.17) is 13.9 Å². The van der Waals surface area contributed by atoms with Gasteiger partial charge in [-0.3, -0.25) is 9.36 Å². The van der Waals surface area contributed by atoms with Crippen LogP contribution in [0.4, 0.5) is 4.79 Å². The Balaban J connectivity index is 1.47. The van der Waals surface area contributed by atoms with Crippen molar-refractivity contribution in [2.24, 2.45) is 0 Å². The molecule has 11 heteroatoms. The largest absolute Gasteiger partial charge is 0.465 e. The SMILES string of the molecule is COCCn1c(=O)oc2ccc(-c3ccc(CC(C#N)NC(=O)C4(NC(=O)O)CCOCC4)cc3)cc21. The number of rotatable bonds is 9. The minimum absolute atomic E-state index is 0.193. The van der Waals surface area contributed by atoms with E-state index in [0.717, 1.165) is 16.7 Å². The molecule has 1 unspecified atom stereocenters. The van der Waals surface area contributed by atoms with E-state index < -0.39 is 29.3 Å². The number of ether oxygens (including phenoxy) is 2. The van der Waals surface area contributed by atoms with Gasteiger partial charge >= 0.3 is 11.8 Å². The number of amides is 2. The Bertz CT molecular complexity index is 1360. The van der Waals surface area contributed by atoms with Crippen LogP contribution < -0.4 is 16.4 Å². The van der Waals surface area contributed by atoms with Crippen molar-refractivity contribution in [3.63, 3.8) is 0 Å². The maximum atomic E-state index is 13.0. The molecule has 11 nitrogen and oxygen atoms in total. The summed E-state index contributed by atoms with van der Waals surface area (Å²) in [7, 11) is 1.57. The third-order valence-electron chi connectivity index (χ3n) is 6.50. The molecule has 2 heterocycles. The monoisotopic (exact) mass is 508 g/mol. The lowest BCUT2D eigenvalue weighted by molar-refractivity contribution is -0.131. The number of hydrogen-bond acceptors (Lipinski definition) is 7. The molecule has 3 aromatic rings. The Morgan fingerprint density at radius 2 is 1.89 bits per heavy atom. The van der Waals surface area contributed by atoms with Gasteiger partial charge in [-0.1, -0.05) is 30.3 Å². The van der Waals surface area contributed by atoms with E-state index in [2.05, 4.69) is 16.7 Å². The van der Waals surface area contributed by atoms with Crippen LogP contribution in [0.25, 0.3) is 22.2 Å². The molecule has 1 saturated heterocycles. The highest BCUT2D eigenvalue weighted by atomic mass is 16.5. The maximum Gasteiger partial charge on any atom is 0.420 e. The molecule has 0 saturated carbocycles. The van der Waals surface area contributed by atoms with Crippen LogP contribution in [0.5, 0.6) is 0 Å². The highest BCUT2D eigenvalue weighted by Gasteiger charge is 2.42. The van der Waals surface area contributed by atoms with Gasteiger partial charge < -0.3 is 29.6 Å². The van der Waals surface area contributed by atoms with E-state index in [0.29, 0.717) is 24.3 Å². The van der Waals surface area contributed by atoms with Gasteiger partial charge in [0.2, 0.25) is 5.91 Å². The van der Waals surface area contributed by atoms with E-state index in [-0.39, 0.29) is 32.5 Å². The van der Waals surface area contributed by atoms with Gasteiger partial charge in [-0.05, 0) is 28.8 Å². The van der Waals surface area contributed by atoms with Gasteiger partial charge in [0.25, 0.3) is 0 Å². The van der Waals surface area contributed by atoms with E-state index in [9.17, 15) is 24.8 Å². The average Bonchev–Trinajstić information content (AvgIpc) is 3.21. The van der Waals surface area contributed by atoms with E-state index in [1.807, 2.05) is 36.4 Å². The van der Waals surface area contributed by atoms with Crippen molar-refractivity contribution in [2.75, 3.05) is 26.9 Å². The number of nitrogens with one attached hydrogen (secondary N) is 2. The summed E-state index contributed by atoms with van der Waals surface area (Å²) < 4.78 is 17.2. The van der Waals surface area contributed by atoms with Gasteiger partial charge in [0.15, 0.2) is 5.58 Å². The summed E-state index contributed by atoms with van der Waals surface area (Å²) >= 11 is 0. The molecule has 1 fully saturated rings. The molecule has 2 amide bonds. The first kappa shape index (κ1) is 25.9. The molecule has 1 aromatic heterocycles. The number of aromatic nitrogens is 1. The van der Waals surface area contributed by atoms with Gasteiger partial charge in [0, 0.05) is 39.6 Å². The smallest absolute Gasteiger partial charge is 0.420 e. The molecular formula is C26H28N4O7. The fraction of sp³-hybridized carbons (Fsp3) is 0.385. The Labute approximate surface area is 212 Å². The Morgan fingerprint density at radius 3 is 2.54 bits per heavy atom. The molecule has 37 heavy (non-hydrogen) atoms. The van der Waals surface area contributed by atoms with Crippen LogP contribution in [0, 0.1) is 11.3 Å². The van der Waals surface area contributed by atoms with Crippen LogP contribution in [0.2, 0.25) is 0 Å². The fourth-order valence-electron chi connectivity index (χ4n) is 4.46. The Hall–Kier alpha value is -4.14. The predicted octanol–water partition coefficient (Wildman–Crippen LogP) is 2.28. The lowest BCUT2D eigenvalue weighted by Gasteiger charge is -2.36. The minimum Gasteiger partial charge on any atom is -0.465 e. The number of carbonyl (C=O) groups is 2. The summed E-state index contributed by atoms with van der Waals surface area (Å²) in [6.45, 7) is 1.26. The van der Waals surface area contributed by atoms with Crippen LogP contribution in [0.1, 0.15) is 18.4 Å². The number of carbonyl (C=O) groups excluding carboxylic acids is 1. The maximum absolute atomic E-state index is 13.0. The van der Waals surface area contributed by atoms with E-state index in [1.165, 1.54) is 4.57 Å². The van der Waals surface area contributed by atoms with Gasteiger partial charge in [-0.25, -0.2) is 9.59 Å². The van der Waals surface area contributed by atoms with Gasteiger partial charge in [0.05, 0.1) is 24.7 Å². The second kappa shape index (κ2) is 11.3. The molecule has 1 aliphatic rings. The number of benzene rings is 2. The zero-order valence-corrected chi connectivity index (χ0v) is 20.4. The standard InChI is InChI=1S/C26H28N4O7/c1-35-13-10-30-21-15-19(6-7-22(21)37-25(30)34)18-4-2-17(3-5-18)14-20(16-27)28-23(31)26(29-24(32)33)8-11-36-12-9-26/h2-7,15,20,29H,8-14H2,1H3,(H,28,31)(H,32,33). The molecule has 2 aromatic carbocycles. The Morgan fingerprint density at radius 1 is 1.19 bits per heavy atom. The number of carboxylic acid groups (broad SMARTS) is 1. The average molecular weight is 509 g/mol. The molecule has 0 spiro atoms. The van der Waals surface area contributed by atoms with Gasteiger partial charge in [0.1, 0.15) is 11.6 Å². The van der Waals surface area contributed by atoms with Crippen LogP contribution in [0.15, 0.2) is 51.7 Å². The first-order valence-electron chi connectivity index (χ1n) is 11.9. The summed E-state index contributed by atoms with van der Waals surface area (Å²) in [6, 6.07) is 14.3. The van der Waals surface area contributed by atoms with Crippen molar-refractivity contribution in [1.29, 1.82) is 5.26 Å². The third-order valence-corrected chi connectivity index (χ3v) is 6.50. The topological polar surface area (TPSA) is 156 Å². The van der Waals surface area contributed by atoms with Crippen LogP contribution in [0.3, 0.4) is 0 Å². The fourth-order valence-corrected chi connectivity index (χ4v) is 4.46. The van der Waals surface area contributed by atoms with Gasteiger partial charge in [-0.2, -0.15) is 5.26 Å². The quantitative estimate of drug-likeness (QED) is 0.397. The second-order valence-corrected chi connectivity index (χ2v) is 8.88. The van der Waals surface area contributed by atoms with Crippen LogP contribution in [-0.4, -0.2) is 60.2 Å². The molecule has 1 atom stereocenters. The molecular weight excluding hydrogens is 480 g/mol. The van der Waals surface area contributed by atoms with Crippen molar-refractivity contribution in [2.45, 2.75) is 37.4 Å². The number of nitrogens with zero attached hydrogens (tertiary/aromatic N) is 2. The van der Waals surface area contributed by atoms with Crippen molar-refractivity contribution >= 4 is 23.1 Å². The summed E-state index contributed by atoms with van der Waals surface area (Å²) in [5.74, 6) is -0.973. The summed E-state index contributed by atoms with van der Waals surface area (Å²) in [4.78, 5) is 36.4. The Kier molecular flexibility index (Phi) is 7.91. The summed E-state index contributed by atoms with van der Waals surface area (Å²) in [6.07, 6.45) is -0.666. The number of methoxy groups -OCH3 is 1. The number of hydrogen-bond donors (Lipinski definition) is 3. The summed E-state index contributed by atoms with van der Waals surface area (Å²) in [5, 5.41) is 23.9. The summed E-state index contributed by atoms with van der Waals surface area (Å²) in [5.41, 5.74) is 2.46. The molecule has 0 bridgehead atoms. The number of nitriles is 1. The highest BCUT2D eigenvalue weighted by Crippen LogP contribution is 2.25. The number of fused-ring (bicyclic) bond motifs is 1.